The van der Waals surface area contributed by atoms with Gasteiger partial charge in [-0.25, -0.2) is 8.78 Å². The Morgan fingerprint density at radius 3 is 2.81 bits per heavy atom. The van der Waals surface area contributed by atoms with Gasteiger partial charge in [0.1, 0.15) is 6.54 Å². The number of nitrogens with one attached hydrogen (secondary N) is 1. The van der Waals surface area contributed by atoms with Crippen molar-refractivity contribution in [2.24, 2.45) is 10.9 Å². The van der Waals surface area contributed by atoms with Gasteiger partial charge >= 0.3 is 0 Å². The number of nitrogens with zero attached hydrogens (tertiary/aromatic N) is 2. The first kappa shape index (κ1) is 17.3. The molecule has 5 nitrogen and oxygen atoms in total. The van der Waals surface area contributed by atoms with E-state index >= 15 is 0 Å². The molecule has 1 N–H and O–H groups in total. The van der Waals surface area contributed by atoms with Crippen molar-refractivity contribution in [3.05, 3.63) is 54.1 Å². The Bertz CT molecular complexity index is 958. The highest BCUT2D eigenvalue weighted by Gasteiger charge is 2.37. The molecule has 0 spiro atoms. The van der Waals surface area contributed by atoms with Crippen molar-refractivity contribution in [3.8, 4) is 0 Å². The number of amides is 2. The quantitative estimate of drug-likeness (QED) is 0.894. The number of aliphatic imine (C=N–C) groups is 1. The van der Waals surface area contributed by atoms with Crippen molar-refractivity contribution >= 4 is 34.6 Å². The molecular formula is C20H17F2N3O2. The molecule has 1 aliphatic heterocycles. The molecule has 0 saturated heterocycles. The minimum atomic E-state index is -1.05. The number of hydrogen-bond donors (Lipinski definition) is 1. The van der Waals surface area contributed by atoms with Crippen LogP contribution in [0.15, 0.2) is 47.5 Å². The van der Waals surface area contributed by atoms with Crippen molar-refractivity contribution < 1.29 is 18.4 Å². The minimum absolute atomic E-state index is 0.132. The highest BCUT2D eigenvalue weighted by molar-refractivity contribution is 6.16. The van der Waals surface area contributed by atoms with Crippen molar-refractivity contribution in [1.82, 2.24) is 0 Å². The molecule has 2 amide bonds. The maximum absolute atomic E-state index is 13.3. The van der Waals surface area contributed by atoms with Gasteiger partial charge in [-0.1, -0.05) is 12.1 Å². The summed E-state index contributed by atoms with van der Waals surface area (Å²) in [4.78, 5) is 31.6. The summed E-state index contributed by atoms with van der Waals surface area (Å²) < 4.78 is 26.4. The van der Waals surface area contributed by atoms with Crippen molar-refractivity contribution in [1.29, 1.82) is 0 Å². The number of anilines is 2. The third-order valence-corrected chi connectivity index (χ3v) is 4.83. The highest BCUT2D eigenvalue weighted by atomic mass is 19.2. The number of para-hydroxylation sites is 2. The Morgan fingerprint density at radius 1 is 1.19 bits per heavy atom. The van der Waals surface area contributed by atoms with E-state index in [1.165, 1.54) is 11.0 Å². The molecule has 1 aliphatic carbocycles. The van der Waals surface area contributed by atoms with E-state index in [4.69, 9.17) is 0 Å². The summed E-state index contributed by atoms with van der Waals surface area (Å²) in [7, 11) is 0. The Balaban J connectivity index is 1.59. The number of fused-ring (bicyclic) bond motifs is 2. The van der Waals surface area contributed by atoms with Crippen molar-refractivity contribution in [2.75, 3.05) is 16.8 Å². The highest BCUT2D eigenvalue weighted by Crippen LogP contribution is 2.37. The summed E-state index contributed by atoms with van der Waals surface area (Å²) in [6.45, 7) is -0.228. The van der Waals surface area contributed by atoms with Gasteiger partial charge < -0.3 is 10.2 Å². The lowest BCUT2D eigenvalue weighted by atomic mass is 10.1. The van der Waals surface area contributed by atoms with Crippen LogP contribution in [-0.2, 0) is 9.59 Å². The SMILES string of the molecule is O=C(CN1C(=O)[C@H]2CCCC2=Nc2ccccc21)Nc1ccc(F)c(F)c1. The Hall–Kier alpha value is -3.09. The largest absolute Gasteiger partial charge is 0.324 e. The van der Waals surface area contributed by atoms with Crippen LogP contribution in [0.4, 0.5) is 25.8 Å². The van der Waals surface area contributed by atoms with Gasteiger partial charge in [0, 0.05) is 17.5 Å². The number of rotatable bonds is 3. The van der Waals surface area contributed by atoms with Crippen LogP contribution in [0.3, 0.4) is 0 Å². The molecule has 1 atom stereocenters. The lowest BCUT2D eigenvalue weighted by Gasteiger charge is -2.24. The van der Waals surface area contributed by atoms with E-state index < -0.39 is 17.5 Å². The molecule has 1 fully saturated rings. The fourth-order valence-electron chi connectivity index (χ4n) is 3.56. The van der Waals surface area contributed by atoms with E-state index in [0.29, 0.717) is 17.8 Å². The molecule has 27 heavy (non-hydrogen) atoms. The molecule has 1 heterocycles. The summed E-state index contributed by atoms with van der Waals surface area (Å²) in [5, 5.41) is 2.51. The maximum atomic E-state index is 13.3. The first-order valence-electron chi connectivity index (χ1n) is 8.75. The fourth-order valence-corrected chi connectivity index (χ4v) is 3.56. The van der Waals surface area contributed by atoms with Gasteiger partial charge in [0.05, 0.1) is 17.3 Å². The summed E-state index contributed by atoms with van der Waals surface area (Å²) in [6.07, 6.45) is 2.39. The van der Waals surface area contributed by atoms with E-state index in [1.54, 1.807) is 12.1 Å². The minimum Gasteiger partial charge on any atom is -0.324 e. The van der Waals surface area contributed by atoms with Crippen LogP contribution >= 0.6 is 0 Å². The van der Waals surface area contributed by atoms with Crippen LogP contribution in [0.1, 0.15) is 19.3 Å². The standard InChI is InChI=1S/C20H17F2N3O2/c21-14-9-8-12(10-15(14)22)23-19(26)11-25-18-7-2-1-5-17(18)24-16-6-3-4-13(16)20(25)27/h1-2,5,7-10,13H,3-4,6,11H2,(H,23,26)/t13-/m0/s1. The second kappa shape index (κ2) is 6.90. The molecule has 0 aromatic heterocycles. The predicted molar refractivity (Wildman–Crippen MR) is 98.2 cm³/mol. The predicted octanol–water partition coefficient (Wildman–Crippen LogP) is 3.82. The van der Waals surface area contributed by atoms with Gasteiger partial charge in [0.25, 0.3) is 0 Å². The zero-order chi connectivity index (χ0) is 19.0. The third kappa shape index (κ3) is 3.32. The van der Waals surface area contributed by atoms with Gasteiger partial charge in [-0.2, -0.15) is 0 Å². The molecule has 0 radical (unpaired) electrons. The molecule has 1 saturated carbocycles. The molecule has 4 rings (SSSR count). The van der Waals surface area contributed by atoms with E-state index in [1.807, 2.05) is 12.1 Å². The van der Waals surface area contributed by atoms with Crippen LogP contribution in [0.2, 0.25) is 0 Å². The first-order chi connectivity index (χ1) is 13.0. The van der Waals surface area contributed by atoms with E-state index in [9.17, 15) is 18.4 Å². The number of carbonyl (C=O) groups is 2. The second-order valence-corrected chi connectivity index (χ2v) is 6.64. The van der Waals surface area contributed by atoms with E-state index in [-0.39, 0.29) is 24.1 Å². The second-order valence-electron chi connectivity index (χ2n) is 6.64. The zero-order valence-corrected chi connectivity index (χ0v) is 14.4. The van der Waals surface area contributed by atoms with Crippen LogP contribution in [0.25, 0.3) is 0 Å². The molecule has 2 aliphatic rings. The third-order valence-electron chi connectivity index (χ3n) is 4.83. The lowest BCUT2D eigenvalue weighted by molar-refractivity contribution is -0.122. The molecular weight excluding hydrogens is 352 g/mol. The van der Waals surface area contributed by atoms with Gasteiger partial charge in [-0.05, 0) is 43.5 Å². The average molecular weight is 369 g/mol. The van der Waals surface area contributed by atoms with Gasteiger partial charge in [-0.15, -0.1) is 0 Å². The fraction of sp³-hybridized carbons (Fsp3) is 0.250. The number of benzene rings is 2. The summed E-state index contributed by atoms with van der Waals surface area (Å²) in [5.74, 6) is -3.00. The van der Waals surface area contributed by atoms with Gasteiger partial charge in [0.15, 0.2) is 11.6 Å². The smallest absolute Gasteiger partial charge is 0.244 e. The topological polar surface area (TPSA) is 61.8 Å². The Kier molecular flexibility index (Phi) is 4.43. The van der Waals surface area contributed by atoms with E-state index in [2.05, 4.69) is 10.3 Å². The average Bonchev–Trinajstić information content (AvgIpc) is 3.07. The zero-order valence-electron chi connectivity index (χ0n) is 14.4. The summed E-state index contributed by atoms with van der Waals surface area (Å²) in [6, 6.07) is 10.3. The van der Waals surface area contributed by atoms with Crippen LogP contribution in [0, 0.1) is 17.6 Å². The molecule has 2 aromatic rings. The summed E-state index contributed by atoms with van der Waals surface area (Å²) in [5.41, 5.74) is 2.22. The Morgan fingerprint density at radius 2 is 2.00 bits per heavy atom. The van der Waals surface area contributed by atoms with E-state index in [0.717, 1.165) is 30.7 Å². The number of halogens is 2. The molecule has 138 valence electrons. The van der Waals surface area contributed by atoms with Crippen molar-refractivity contribution in [3.63, 3.8) is 0 Å². The Labute approximate surface area is 154 Å². The van der Waals surface area contributed by atoms with Crippen LogP contribution in [0.5, 0.6) is 0 Å². The monoisotopic (exact) mass is 369 g/mol. The first-order valence-corrected chi connectivity index (χ1v) is 8.75. The van der Waals surface area contributed by atoms with Gasteiger partial charge in [-0.3, -0.25) is 14.6 Å². The number of hydrogen-bond acceptors (Lipinski definition) is 3. The van der Waals surface area contributed by atoms with Crippen molar-refractivity contribution in [2.45, 2.75) is 19.3 Å². The normalized spacial score (nSPS) is 18.4. The van der Waals surface area contributed by atoms with Crippen LogP contribution < -0.4 is 10.2 Å². The van der Waals surface area contributed by atoms with Gasteiger partial charge in [0.2, 0.25) is 11.8 Å². The molecule has 0 unspecified atom stereocenters. The number of carbonyl (C=O) groups excluding carboxylic acids is 2. The molecule has 2 aromatic carbocycles. The molecule has 0 bridgehead atoms. The molecule has 7 heteroatoms. The maximum Gasteiger partial charge on any atom is 0.244 e. The van der Waals surface area contributed by atoms with Crippen LogP contribution in [-0.4, -0.2) is 24.1 Å². The lowest BCUT2D eigenvalue weighted by Crippen LogP contribution is -2.41. The summed E-state index contributed by atoms with van der Waals surface area (Å²) >= 11 is 0.